The van der Waals surface area contributed by atoms with Gasteiger partial charge in [-0.1, -0.05) is 78.4 Å². The van der Waals surface area contributed by atoms with Crippen molar-refractivity contribution in [2.75, 3.05) is 50.0 Å². The largest absolute Gasteiger partial charge is 0.359 e. The third kappa shape index (κ3) is 6.59. The van der Waals surface area contributed by atoms with E-state index in [1.807, 2.05) is 56.4 Å². The maximum atomic E-state index is 16.0. The maximum absolute atomic E-state index is 16.0. The predicted molar refractivity (Wildman–Crippen MR) is 181 cm³/mol. The van der Waals surface area contributed by atoms with E-state index in [0.717, 1.165) is 11.6 Å². The summed E-state index contributed by atoms with van der Waals surface area (Å²) in [6.07, 6.45) is 3.85. The highest BCUT2D eigenvalue weighted by molar-refractivity contribution is 6.15. The van der Waals surface area contributed by atoms with E-state index >= 15 is 8.78 Å². The van der Waals surface area contributed by atoms with Crippen LogP contribution in [-0.2, 0) is 14.4 Å². The van der Waals surface area contributed by atoms with Crippen molar-refractivity contribution in [3.63, 3.8) is 0 Å². The number of amides is 2. The van der Waals surface area contributed by atoms with Crippen molar-refractivity contribution in [2.24, 2.45) is 0 Å². The molecule has 2 heterocycles. The molecule has 240 valence electrons. The number of rotatable bonds is 5. The molecule has 1 atom stereocenters. The zero-order chi connectivity index (χ0) is 33.1. The van der Waals surface area contributed by atoms with Gasteiger partial charge < -0.3 is 20.0 Å². The van der Waals surface area contributed by atoms with Crippen LogP contribution in [-0.4, -0.2) is 79.3 Å². The van der Waals surface area contributed by atoms with Crippen molar-refractivity contribution in [1.29, 1.82) is 0 Å². The zero-order valence-corrected chi connectivity index (χ0v) is 26.4. The molecule has 47 heavy (non-hydrogen) atoms. The van der Waals surface area contributed by atoms with E-state index in [-0.39, 0.29) is 28.8 Å². The third-order valence-corrected chi connectivity index (χ3v) is 8.99. The molecule has 1 N–H and O–H groups in total. The van der Waals surface area contributed by atoms with Gasteiger partial charge in [-0.05, 0) is 37.7 Å². The van der Waals surface area contributed by atoms with Gasteiger partial charge in [-0.25, -0.2) is 13.6 Å². The molecule has 6 rings (SSSR count). The minimum atomic E-state index is -3.31. The van der Waals surface area contributed by atoms with Crippen molar-refractivity contribution in [2.45, 2.75) is 25.3 Å². The Morgan fingerprint density at radius 1 is 0.915 bits per heavy atom. The van der Waals surface area contributed by atoms with E-state index in [9.17, 15) is 14.4 Å². The highest BCUT2D eigenvalue weighted by Gasteiger charge is 2.43. The van der Waals surface area contributed by atoms with Gasteiger partial charge in [0, 0.05) is 78.9 Å². The summed E-state index contributed by atoms with van der Waals surface area (Å²) in [7, 11) is 1.96. The number of allylic oxidation sites excluding steroid dienone is 1. The first kappa shape index (κ1) is 31.9. The van der Waals surface area contributed by atoms with Gasteiger partial charge >= 0.3 is 0 Å². The molecule has 2 aliphatic heterocycles. The Balaban J connectivity index is 1.41. The first-order chi connectivity index (χ1) is 22.7. The first-order valence-electron chi connectivity index (χ1n) is 15.7. The fourth-order valence-electron chi connectivity index (χ4n) is 6.35. The lowest BCUT2D eigenvalue weighted by Gasteiger charge is -2.35. The van der Waals surface area contributed by atoms with E-state index in [2.05, 4.69) is 16.2 Å². The van der Waals surface area contributed by atoms with Gasteiger partial charge in [0.15, 0.2) is 0 Å². The van der Waals surface area contributed by atoms with Crippen LogP contribution in [0, 0.1) is 6.92 Å². The van der Waals surface area contributed by atoms with Crippen molar-refractivity contribution in [3.8, 4) is 0 Å². The Bertz CT molecular complexity index is 1820. The van der Waals surface area contributed by atoms with E-state index in [4.69, 9.17) is 0 Å². The van der Waals surface area contributed by atoms with E-state index in [0.29, 0.717) is 48.7 Å². The second kappa shape index (κ2) is 13.3. The molecule has 0 radical (unpaired) electrons. The number of alkyl halides is 2. The van der Waals surface area contributed by atoms with Gasteiger partial charge in [0.2, 0.25) is 5.91 Å². The zero-order valence-electron chi connectivity index (χ0n) is 26.4. The number of nitrogens with one attached hydrogen (secondary N) is 1. The highest BCUT2D eigenvalue weighted by Crippen LogP contribution is 2.46. The van der Waals surface area contributed by atoms with Crippen LogP contribution >= 0.6 is 0 Å². The Labute approximate surface area is 273 Å². The molecule has 1 saturated heterocycles. The minimum Gasteiger partial charge on any atom is -0.359 e. The number of carbonyl (C=O) groups is 2. The van der Waals surface area contributed by atoms with Crippen LogP contribution in [0.4, 0.5) is 20.2 Å². The minimum absolute atomic E-state index is 0.114. The van der Waals surface area contributed by atoms with Crippen molar-refractivity contribution in [3.05, 3.63) is 125 Å². The summed E-state index contributed by atoms with van der Waals surface area (Å²) in [6.45, 7) is 4.10. The number of para-hydroxylation sites is 2. The fraction of sp³-hybridized carbons (Fsp3) is 0.263. The molecule has 3 aliphatic rings. The van der Waals surface area contributed by atoms with E-state index < -0.39 is 30.2 Å². The fourth-order valence-corrected chi connectivity index (χ4v) is 6.35. The molecule has 0 aromatic heterocycles. The van der Waals surface area contributed by atoms with E-state index in [1.165, 1.54) is 0 Å². The summed E-state index contributed by atoms with van der Waals surface area (Å²) in [5.41, 5.74) is 3.38. The second-order valence-corrected chi connectivity index (χ2v) is 12.1. The summed E-state index contributed by atoms with van der Waals surface area (Å²) >= 11 is 0. The lowest BCUT2D eigenvalue weighted by Crippen LogP contribution is -2.46. The molecule has 0 spiro atoms. The molecule has 1 fully saturated rings. The molecular weight excluding hydrogens is 598 g/mol. The smallest absolute Gasteiger partial charge is 0.275 e. The van der Waals surface area contributed by atoms with Crippen LogP contribution in [0.15, 0.2) is 108 Å². The number of carbonyl (C=O) groups excluding carboxylic acids is 3. The normalized spacial score (nSPS) is 20.5. The molecule has 7 nitrogen and oxygen atoms in total. The summed E-state index contributed by atoms with van der Waals surface area (Å²) in [5, 5.41) is 2.90. The lowest BCUT2D eigenvalue weighted by molar-refractivity contribution is -0.127. The number of aryl methyl sites for hydroxylation is 1. The number of hydrogen-bond acceptors (Lipinski definition) is 5. The standard InChI is InChI=1S/C38H36F2N4O3/c1-26-12-14-27(15-13-26)36-30(37(47)41-28-8-4-3-5-9-28)16-17-34(31(36)25-45)44-19-18-38(39,40)32(29-10-6-7-11-33(29)44)24-35(46)43-22-20-42(2)21-23-43/h3-17,24,34H,18-23H2,1-2H3,(H,41,47). The number of hydrogen-bond donors (Lipinski definition) is 1. The molecule has 1 aliphatic carbocycles. The average Bonchev–Trinajstić information content (AvgIpc) is 3.18. The Kier molecular flexibility index (Phi) is 9.03. The highest BCUT2D eigenvalue weighted by atomic mass is 19.3. The molecule has 0 bridgehead atoms. The van der Waals surface area contributed by atoms with Crippen LogP contribution in [0.1, 0.15) is 23.1 Å². The predicted octanol–water partition coefficient (Wildman–Crippen LogP) is 5.79. The summed E-state index contributed by atoms with van der Waals surface area (Å²) < 4.78 is 32.1. The van der Waals surface area contributed by atoms with Crippen LogP contribution in [0.3, 0.4) is 0 Å². The number of halogens is 2. The number of nitrogens with zero attached hydrogens (tertiary/aromatic N) is 3. The number of likely N-dealkylation sites (N-methyl/N-ethyl adjacent to an activating group) is 1. The van der Waals surface area contributed by atoms with Crippen LogP contribution < -0.4 is 10.2 Å². The number of benzene rings is 3. The summed E-state index contributed by atoms with van der Waals surface area (Å²) in [6, 6.07) is 22.4. The molecule has 0 saturated carbocycles. The van der Waals surface area contributed by atoms with E-state index in [1.54, 1.807) is 58.4 Å². The van der Waals surface area contributed by atoms with Crippen molar-refractivity contribution in [1.82, 2.24) is 9.80 Å². The monoisotopic (exact) mass is 634 g/mol. The van der Waals surface area contributed by atoms with Crippen LogP contribution in [0.25, 0.3) is 11.1 Å². The number of piperazine rings is 1. The Morgan fingerprint density at radius 2 is 1.60 bits per heavy atom. The topological polar surface area (TPSA) is 73.0 Å². The quantitative estimate of drug-likeness (QED) is 0.285. The molecule has 3 aromatic carbocycles. The second-order valence-electron chi connectivity index (χ2n) is 12.1. The van der Waals surface area contributed by atoms with Gasteiger partial charge in [-0.3, -0.25) is 9.59 Å². The summed E-state index contributed by atoms with van der Waals surface area (Å²) in [4.78, 5) is 45.3. The van der Waals surface area contributed by atoms with Crippen molar-refractivity contribution >= 4 is 40.3 Å². The lowest BCUT2D eigenvalue weighted by atomic mass is 9.83. The maximum Gasteiger partial charge on any atom is 0.275 e. The first-order valence-corrected chi connectivity index (χ1v) is 15.7. The Hall–Kier alpha value is -5.11. The number of fused-ring (bicyclic) bond motifs is 1. The van der Waals surface area contributed by atoms with Crippen LogP contribution in [0.5, 0.6) is 0 Å². The molecule has 1 unspecified atom stereocenters. The van der Waals surface area contributed by atoms with Crippen LogP contribution in [0.2, 0.25) is 0 Å². The molecule has 2 amide bonds. The summed E-state index contributed by atoms with van der Waals surface area (Å²) in [5.74, 6) is -2.07. The van der Waals surface area contributed by atoms with Gasteiger partial charge in [0.1, 0.15) is 5.94 Å². The number of anilines is 2. The van der Waals surface area contributed by atoms with Gasteiger partial charge in [-0.2, -0.15) is 0 Å². The van der Waals surface area contributed by atoms with Crippen molar-refractivity contribution < 1.29 is 23.2 Å². The van der Waals surface area contributed by atoms with Gasteiger partial charge in [-0.15, -0.1) is 0 Å². The molecular formula is C38H36F2N4O3. The Morgan fingerprint density at radius 3 is 2.30 bits per heavy atom. The average molecular weight is 635 g/mol. The third-order valence-electron chi connectivity index (χ3n) is 8.99. The van der Waals surface area contributed by atoms with Gasteiger partial charge in [0.05, 0.1) is 11.6 Å². The molecule has 9 heteroatoms. The molecule has 3 aromatic rings. The van der Waals surface area contributed by atoms with Gasteiger partial charge in [0.25, 0.3) is 11.8 Å². The SMILES string of the molecule is Cc1ccc(C2=C(C(=O)Nc3ccccc3)C=CC(N3CCC(F)(F)C(=CC(=O)N4CCN(C)CC4)c4ccccc43)C2=C=O)cc1.